The Balaban J connectivity index is 1.34. The molecule has 0 radical (unpaired) electrons. The molecule has 0 bridgehead atoms. The molecule has 2 aromatic rings. The van der Waals surface area contributed by atoms with Crippen molar-refractivity contribution in [2.75, 3.05) is 79.7 Å². The lowest BCUT2D eigenvalue weighted by Gasteiger charge is -2.49. The molecule has 25 heteroatoms. The van der Waals surface area contributed by atoms with Crippen molar-refractivity contribution in [3.63, 3.8) is 0 Å². The number of aliphatic hydroxyl groups excluding tert-OH is 2. The number of carboxylic acid groups (broad SMARTS) is 1. The number of aromatic nitrogens is 1. The van der Waals surface area contributed by atoms with Gasteiger partial charge in [0.1, 0.15) is 29.0 Å². The lowest BCUT2D eigenvalue weighted by atomic mass is 9.73. The van der Waals surface area contributed by atoms with E-state index in [0.29, 0.717) is 24.3 Å². The lowest BCUT2D eigenvalue weighted by molar-refractivity contribution is -0.317. The normalized spacial score (nSPS) is 36.0. The number of hydrogen-bond donors (Lipinski definition) is 6. The number of likely N-dealkylation sites (N-methyl/N-ethyl adjacent to an activating group) is 1. The van der Waals surface area contributed by atoms with Crippen LogP contribution in [0.25, 0.3) is 10.9 Å². The summed E-state index contributed by atoms with van der Waals surface area (Å²) in [5.41, 5.74) is -5.15. The summed E-state index contributed by atoms with van der Waals surface area (Å²) < 4.78 is 57.1. The molecule has 1 aromatic carbocycles. The minimum Gasteiger partial charge on any atom is -0.477 e. The van der Waals surface area contributed by atoms with Gasteiger partial charge in [-0.1, -0.05) is 32.9 Å². The Kier molecular flexibility index (Phi) is 24.2. The number of hydrogen-bond acceptors (Lipinski definition) is 22. The molecular weight excluding hydrogens is 1080 g/mol. The van der Waals surface area contributed by atoms with E-state index in [-0.39, 0.29) is 68.0 Å². The van der Waals surface area contributed by atoms with Crippen LogP contribution in [0.5, 0.6) is 0 Å². The van der Waals surface area contributed by atoms with Gasteiger partial charge in [0.05, 0.1) is 66.5 Å². The summed E-state index contributed by atoms with van der Waals surface area (Å²) in [4.78, 5) is 61.0. The zero-order valence-corrected chi connectivity index (χ0v) is 50.8. The van der Waals surface area contributed by atoms with Gasteiger partial charge in [-0.15, -0.1) is 11.8 Å². The van der Waals surface area contributed by atoms with Crippen LogP contribution in [-0.2, 0) is 52.3 Å². The molecule has 5 rings (SSSR count). The molecule has 0 saturated carbocycles. The molecule has 24 nitrogen and oxygen atoms in total. The second-order valence-corrected chi connectivity index (χ2v) is 24.1. The molecule has 1 amide bonds. The van der Waals surface area contributed by atoms with Crippen molar-refractivity contribution in [2.45, 2.75) is 184 Å². The maximum absolute atomic E-state index is 14.6. The monoisotopic (exact) mass is 1170 g/mol. The number of oxime groups is 1. The topological polar surface area (TPSA) is 298 Å². The second kappa shape index (κ2) is 29.0. The van der Waals surface area contributed by atoms with Gasteiger partial charge in [0, 0.05) is 87.3 Å². The molecule has 3 aliphatic rings. The van der Waals surface area contributed by atoms with Gasteiger partial charge in [0.15, 0.2) is 18.7 Å². The quantitative estimate of drug-likeness (QED) is 0.0360. The fourth-order valence-electron chi connectivity index (χ4n) is 11.5. The van der Waals surface area contributed by atoms with Gasteiger partial charge < -0.3 is 88.2 Å². The number of fused-ring (bicyclic) bond motifs is 1. The first-order valence-electron chi connectivity index (χ1n) is 27.7. The van der Waals surface area contributed by atoms with Gasteiger partial charge in [-0.2, -0.15) is 0 Å². The number of carbonyl (C=O) groups is 3. The Morgan fingerprint density at radius 2 is 1.63 bits per heavy atom. The third-order valence-electron chi connectivity index (χ3n) is 16.0. The summed E-state index contributed by atoms with van der Waals surface area (Å²) in [6, 6.07) is 4.90. The van der Waals surface area contributed by atoms with Gasteiger partial charge in [0.25, 0.3) is 0 Å². The predicted octanol–water partition coefficient (Wildman–Crippen LogP) is 3.95. The van der Waals surface area contributed by atoms with Gasteiger partial charge >= 0.3 is 18.0 Å². The van der Waals surface area contributed by atoms with Crippen molar-refractivity contribution in [2.24, 2.45) is 28.8 Å². The first-order valence-corrected chi connectivity index (χ1v) is 28.7. The Morgan fingerprint density at radius 1 is 0.938 bits per heavy atom. The van der Waals surface area contributed by atoms with Crippen LogP contribution in [0.1, 0.15) is 105 Å². The van der Waals surface area contributed by atoms with Crippen molar-refractivity contribution < 1.29 is 87.4 Å². The van der Waals surface area contributed by atoms with E-state index in [9.17, 15) is 44.7 Å². The average molecular weight is 1170 g/mol. The third kappa shape index (κ3) is 16.4. The summed E-state index contributed by atoms with van der Waals surface area (Å²) in [6.45, 7) is 17.1. The molecule has 6 N–H and O–H groups in total. The zero-order valence-electron chi connectivity index (χ0n) is 50.0. The van der Waals surface area contributed by atoms with Crippen LogP contribution < -0.4 is 15.8 Å². The van der Waals surface area contributed by atoms with E-state index in [1.807, 2.05) is 32.0 Å². The fourth-order valence-corrected chi connectivity index (χ4v) is 12.3. The van der Waals surface area contributed by atoms with Gasteiger partial charge in [-0.05, 0) is 93.1 Å². The maximum atomic E-state index is 14.6. The van der Waals surface area contributed by atoms with Crippen molar-refractivity contribution in [1.82, 2.24) is 14.9 Å². The maximum Gasteiger partial charge on any atom is 0.407 e. The van der Waals surface area contributed by atoms with E-state index in [1.54, 1.807) is 91.3 Å². The highest BCUT2D eigenvalue weighted by Gasteiger charge is 2.54. The Labute approximate surface area is 479 Å². The average Bonchev–Trinajstić information content (AvgIpc) is 3.40. The van der Waals surface area contributed by atoms with Gasteiger partial charge in [-0.3, -0.25) is 14.3 Å². The van der Waals surface area contributed by atoms with E-state index in [0.717, 1.165) is 4.90 Å². The molecule has 81 heavy (non-hydrogen) atoms. The lowest BCUT2D eigenvalue weighted by Crippen LogP contribution is -2.61. The van der Waals surface area contributed by atoms with E-state index in [4.69, 9.17) is 47.5 Å². The standard InChI is InChI=1S/C56H91N5O19S/c1-17-41-56(10,70)47(64)32(4)43(58-74-29-71-15)30(2)26-54(8,69)48(79-52-45(63)40(59(11)12)24-31(3)75-52)33(5)46(34(6)51(67)77-41)78-42-27-55(9,72-16)49(35(7)76-42)80-53(68)57-20-21-73-22-23-81-36-18-19-39-37(25-36)44(62)38(50(65)66)28-61(39)60(13)14/h18-19,25,28,30-35,40-42,45-49,52,63-64,69-70H,17,20-24,26-27,29H2,1-16H3,(H,57,68)(H,65,66)/b58-43+/t30-,31-,32-,33+,34-,35+,40+,41-,42+,45-,46+,47-,48-,49+,52+,54-,55-,56-/m1/s1. The number of nitrogens with zero attached hydrogens (tertiary/aromatic N) is 4. The van der Waals surface area contributed by atoms with Crippen molar-refractivity contribution in [3.05, 3.63) is 40.2 Å². The number of nitrogens with one attached hydrogen (secondary N) is 1. The van der Waals surface area contributed by atoms with Crippen molar-refractivity contribution in [3.8, 4) is 0 Å². The molecule has 0 spiro atoms. The van der Waals surface area contributed by atoms with E-state index in [1.165, 1.54) is 39.1 Å². The molecule has 3 fully saturated rings. The molecule has 0 unspecified atom stereocenters. The number of carbonyl (C=O) groups excluding carboxylic acids is 2. The van der Waals surface area contributed by atoms with Crippen LogP contribution in [0, 0.1) is 23.7 Å². The van der Waals surface area contributed by atoms with Crippen LogP contribution in [0.4, 0.5) is 4.79 Å². The molecular formula is C56H91N5O19S. The number of aliphatic hydroxyl groups is 4. The molecule has 460 valence electrons. The summed E-state index contributed by atoms with van der Waals surface area (Å²) >= 11 is 1.42. The van der Waals surface area contributed by atoms with Gasteiger partial charge in [0.2, 0.25) is 12.2 Å². The highest BCUT2D eigenvalue weighted by atomic mass is 32.2. The van der Waals surface area contributed by atoms with Crippen LogP contribution >= 0.6 is 11.8 Å². The number of amides is 1. The molecule has 0 aliphatic carbocycles. The minimum absolute atomic E-state index is 0.0234. The highest BCUT2D eigenvalue weighted by Crippen LogP contribution is 2.42. The minimum atomic E-state index is -2.02. The number of ether oxygens (including phenoxy) is 9. The molecule has 4 heterocycles. The number of aromatic carboxylic acids is 1. The number of esters is 1. The summed E-state index contributed by atoms with van der Waals surface area (Å²) in [6.07, 6.45) is -9.93. The number of thioether (sulfide) groups is 1. The summed E-state index contributed by atoms with van der Waals surface area (Å²) in [5, 5.41) is 67.4. The van der Waals surface area contributed by atoms with Crippen molar-refractivity contribution in [1.29, 1.82) is 0 Å². The molecule has 3 saturated heterocycles. The fraction of sp³-hybridized carbons (Fsp3) is 0.768. The first-order chi connectivity index (χ1) is 37.9. The van der Waals surface area contributed by atoms with Crippen LogP contribution in [0.3, 0.4) is 0 Å². The Morgan fingerprint density at radius 3 is 2.25 bits per heavy atom. The number of carboxylic acids is 1. The molecule has 1 aromatic heterocycles. The number of benzene rings is 1. The molecule has 18 atom stereocenters. The third-order valence-corrected chi connectivity index (χ3v) is 17.0. The predicted molar refractivity (Wildman–Crippen MR) is 301 cm³/mol. The van der Waals surface area contributed by atoms with E-state index < -0.39 is 119 Å². The number of alkyl carbamates (subject to hydrolysis) is 1. The van der Waals surface area contributed by atoms with Crippen LogP contribution in [0.15, 0.2) is 39.2 Å². The largest absolute Gasteiger partial charge is 0.477 e. The van der Waals surface area contributed by atoms with Crippen LogP contribution in [-0.4, -0.2) is 218 Å². The van der Waals surface area contributed by atoms with E-state index >= 15 is 0 Å². The number of methoxy groups -OCH3 is 2. The second-order valence-electron chi connectivity index (χ2n) is 22.9. The summed E-state index contributed by atoms with van der Waals surface area (Å²) in [5.74, 6) is -5.26. The smallest absolute Gasteiger partial charge is 0.407 e. The Bertz CT molecular complexity index is 2500. The van der Waals surface area contributed by atoms with Crippen molar-refractivity contribution >= 4 is 46.4 Å². The number of rotatable bonds is 20. The number of cyclic esters (lactones) is 1. The summed E-state index contributed by atoms with van der Waals surface area (Å²) in [7, 11) is 10.1. The SMILES string of the molecule is CC[C@H]1OC(=O)[C@H](C)[C@@H](O[C@H]2C[C@@](C)(OC)[C@@H](OC(=O)NCCOCCSc3ccc4c(c3)c(=O)c(C(=O)O)cn4N(C)C)[C@H](C)O2)[C@H](C)[C@@H](O[C@@H]2O[C@H](C)C[C@H](N(C)C)[C@H]2O)[C@](C)(O)C[C@@H](C)/C(=N\OCOC)[C@@H](C)[C@@H](O)[C@]1(C)O. The van der Waals surface area contributed by atoms with E-state index in [2.05, 4.69) is 10.5 Å². The van der Waals surface area contributed by atoms with Crippen LogP contribution in [0.2, 0.25) is 0 Å². The highest BCUT2D eigenvalue weighted by molar-refractivity contribution is 7.99. The number of pyridine rings is 1. The zero-order chi connectivity index (χ0) is 60.5. The Hall–Kier alpha value is -4.22. The van der Waals surface area contributed by atoms with Gasteiger partial charge in [-0.25, -0.2) is 9.59 Å². The first kappa shape index (κ1) is 67.6. The molecule has 3 aliphatic heterocycles.